The molecule has 0 amide bonds. The normalized spacial score (nSPS) is 13.6. The van der Waals surface area contributed by atoms with Gasteiger partial charge in [-0.3, -0.25) is 0 Å². The van der Waals surface area contributed by atoms with Crippen LogP contribution in [0.1, 0.15) is 11.1 Å². The van der Waals surface area contributed by atoms with E-state index < -0.39 is 0 Å². The SMILES string of the molecule is c1ccc(-c2nc(-c3ccc(CN4Cc5ccccc5S4)cc3)co2)cc1. The Bertz CT molecular complexity index is 1030. The molecule has 0 fully saturated rings. The number of hydrogen-bond acceptors (Lipinski definition) is 4. The molecule has 27 heavy (non-hydrogen) atoms. The third-order valence-corrected chi connectivity index (χ3v) is 5.79. The fourth-order valence-corrected chi connectivity index (χ4v) is 4.36. The summed E-state index contributed by atoms with van der Waals surface area (Å²) in [5.74, 6) is 0.654. The van der Waals surface area contributed by atoms with Crippen molar-refractivity contribution in [1.29, 1.82) is 0 Å². The van der Waals surface area contributed by atoms with Crippen LogP contribution in [0.25, 0.3) is 22.7 Å². The van der Waals surface area contributed by atoms with Gasteiger partial charge in [-0.05, 0) is 41.3 Å². The molecule has 0 aliphatic carbocycles. The summed E-state index contributed by atoms with van der Waals surface area (Å²) in [5.41, 5.74) is 5.64. The lowest BCUT2D eigenvalue weighted by molar-refractivity contribution is 0.475. The van der Waals surface area contributed by atoms with E-state index in [9.17, 15) is 0 Å². The average Bonchev–Trinajstić information content (AvgIpc) is 3.36. The van der Waals surface area contributed by atoms with E-state index in [2.05, 4.69) is 57.8 Å². The van der Waals surface area contributed by atoms with Crippen LogP contribution in [-0.2, 0) is 13.1 Å². The summed E-state index contributed by atoms with van der Waals surface area (Å²) in [4.78, 5) is 6.00. The van der Waals surface area contributed by atoms with E-state index in [0.29, 0.717) is 5.89 Å². The summed E-state index contributed by atoms with van der Waals surface area (Å²) >= 11 is 1.84. The van der Waals surface area contributed by atoms with Gasteiger partial charge in [-0.2, -0.15) is 0 Å². The van der Waals surface area contributed by atoms with Gasteiger partial charge < -0.3 is 4.42 Å². The maximum absolute atomic E-state index is 5.66. The van der Waals surface area contributed by atoms with Crippen LogP contribution < -0.4 is 0 Å². The Labute approximate surface area is 162 Å². The molecule has 4 heteroatoms. The van der Waals surface area contributed by atoms with Gasteiger partial charge in [0.1, 0.15) is 12.0 Å². The second-order valence-electron chi connectivity index (χ2n) is 6.60. The predicted octanol–water partition coefficient (Wildman–Crippen LogP) is 6.03. The molecule has 132 valence electrons. The zero-order chi connectivity index (χ0) is 18.1. The molecule has 0 radical (unpaired) electrons. The molecule has 1 aliphatic heterocycles. The molecular weight excluding hydrogens is 352 g/mol. The Morgan fingerprint density at radius 2 is 1.63 bits per heavy atom. The minimum absolute atomic E-state index is 0.654. The monoisotopic (exact) mass is 370 g/mol. The van der Waals surface area contributed by atoms with Gasteiger partial charge >= 0.3 is 0 Å². The minimum Gasteiger partial charge on any atom is -0.444 e. The van der Waals surface area contributed by atoms with Gasteiger partial charge in [0, 0.05) is 29.1 Å². The molecule has 0 unspecified atom stereocenters. The molecule has 0 spiro atoms. The number of benzene rings is 3. The second-order valence-corrected chi connectivity index (χ2v) is 7.74. The highest BCUT2D eigenvalue weighted by Crippen LogP contribution is 2.36. The predicted molar refractivity (Wildman–Crippen MR) is 109 cm³/mol. The van der Waals surface area contributed by atoms with Gasteiger partial charge in [-0.1, -0.05) is 60.7 Å². The summed E-state index contributed by atoms with van der Waals surface area (Å²) in [7, 11) is 0. The van der Waals surface area contributed by atoms with Crippen molar-refractivity contribution in [1.82, 2.24) is 9.29 Å². The number of hydrogen-bond donors (Lipinski definition) is 0. The van der Waals surface area contributed by atoms with Crippen molar-refractivity contribution in [2.45, 2.75) is 18.0 Å². The van der Waals surface area contributed by atoms with E-state index in [0.717, 1.165) is 29.9 Å². The van der Waals surface area contributed by atoms with Crippen LogP contribution in [0.15, 0.2) is 94.4 Å². The first-order chi connectivity index (χ1) is 13.3. The standard InChI is InChI=1S/C23H18N2OS/c1-2-6-19(7-3-1)23-24-21(16-26-23)18-12-10-17(11-13-18)14-25-15-20-8-4-5-9-22(20)27-25/h1-13,16H,14-15H2. The summed E-state index contributed by atoms with van der Waals surface area (Å²) in [6, 6.07) is 27.2. The van der Waals surface area contributed by atoms with Crippen molar-refractivity contribution in [2.75, 3.05) is 0 Å². The highest BCUT2D eigenvalue weighted by molar-refractivity contribution is 7.97. The molecule has 0 saturated heterocycles. The Hall–Kier alpha value is -2.82. The number of oxazole rings is 1. The smallest absolute Gasteiger partial charge is 0.226 e. The quantitative estimate of drug-likeness (QED) is 0.410. The van der Waals surface area contributed by atoms with E-state index >= 15 is 0 Å². The molecule has 2 heterocycles. The number of aromatic nitrogens is 1. The van der Waals surface area contributed by atoms with Crippen LogP contribution >= 0.6 is 11.9 Å². The Balaban J connectivity index is 1.29. The largest absolute Gasteiger partial charge is 0.444 e. The van der Waals surface area contributed by atoms with Gasteiger partial charge in [-0.25, -0.2) is 9.29 Å². The highest BCUT2D eigenvalue weighted by Gasteiger charge is 2.19. The molecule has 0 saturated carbocycles. The average molecular weight is 370 g/mol. The number of fused-ring (bicyclic) bond motifs is 1. The highest BCUT2D eigenvalue weighted by atomic mass is 32.2. The van der Waals surface area contributed by atoms with Crippen molar-refractivity contribution in [3.05, 3.63) is 96.3 Å². The lowest BCUT2D eigenvalue weighted by Crippen LogP contribution is -2.09. The first-order valence-corrected chi connectivity index (χ1v) is 9.73. The molecule has 4 aromatic rings. The van der Waals surface area contributed by atoms with E-state index in [-0.39, 0.29) is 0 Å². The maximum Gasteiger partial charge on any atom is 0.226 e. The van der Waals surface area contributed by atoms with Crippen molar-refractivity contribution in [3.63, 3.8) is 0 Å². The van der Waals surface area contributed by atoms with E-state index in [1.807, 2.05) is 42.3 Å². The van der Waals surface area contributed by atoms with Crippen molar-refractivity contribution in [3.8, 4) is 22.7 Å². The molecule has 3 nitrogen and oxygen atoms in total. The molecule has 1 aliphatic rings. The van der Waals surface area contributed by atoms with Crippen molar-refractivity contribution in [2.24, 2.45) is 0 Å². The first kappa shape index (κ1) is 16.4. The molecule has 0 bridgehead atoms. The summed E-state index contributed by atoms with van der Waals surface area (Å²) in [6.45, 7) is 1.92. The molecule has 0 atom stereocenters. The Kier molecular flexibility index (Phi) is 4.28. The van der Waals surface area contributed by atoms with Crippen LogP contribution in [0.4, 0.5) is 0 Å². The van der Waals surface area contributed by atoms with E-state index in [1.54, 1.807) is 6.26 Å². The Morgan fingerprint density at radius 3 is 2.44 bits per heavy atom. The van der Waals surface area contributed by atoms with Gasteiger partial charge in [-0.15, -0.1) is 0 Å². The van der Waals surface area contributed by atoms with Crippen LogP contribution in [0, 0.1) is 0 Å². The van der Waals surface area contributed by atoms with Crippen LogP contribution in [-0.4, -0.2) is 9.29 Å². The van der Waals surface area contributed by atoms with Crippen LogP contribution in [0.3, 0.4) is 0 Å². The fourth-order valence-electron chi connectivity index (χ4n) is 3.28. The maximum atomic E-state index is 5.66. The van der Waals surface area contributed by atoms with Crippen molar-refractivity contribution >= 4 is 11.9 Å². The molecule has 3 aromatic carbocycles. The zero-order valence-corrected chi connectivity index (χ0v) is 15.5. The zero-order valence-electron chi connectivity index (χ0n) is 14.7. The first-order valence-electron chi connectivity index (χ1n) is 8.96. The van der Waals surface area contributed by atoms with Gasteiger partial charge in [0.15, 0.2) is 0 Å². The molecule has 1 aromatic heterocycles. The lowest BCUT2D eigenvalue weighted by atomic mass is 10.1. The van der Waals surface area contributed by atoms with Crippen LogP contribution in [0.5, 0.6) is 0 Å². The third-order valence-electron chi connectivity index (χ3n) is 4.68. The molecule has 5 rings (SSSR count). The minimum atomic E-state index is 0.654. The molecule has 0 N–H and O–H groups in total. The van der Waals surface area contributed by atoms with Gasteiger partial charge in [0.25, 0.3) is 0 Å². The lowest BCUT2D eigenvalue weighted by Gasteiger charge is -2.13. The third kappa shape index (κ3) is 3.42. The second kappa shape index (κ2) is 7.06. The van der Waals surface area contributed by atoms with Gasteiger partial charge in [0.2, 0.25) is 5.89 Å². The molecular formula is C23H18N2OS. The summed E-state index contributed by atoms with van der Waals surface area (Å²) < 4.78 is 8.05. The summed E-state index contributed by atoms with van der Waals surface area (Å²) in [6.07, 6.45) is 1.73. The fraction of sp³-hybridized carbons (Fsp3) is 0.0870. The number of nitrogens with zero attached hydrogens (tertiary/aromatic N) is 2. The van der Waals surface area contributed by atoms with E-state index in [1.165, 1.54) is 16.0 Å². The summed E-state index contributed by atoms with van der Waals surface area (Å²) in [5, 5.41) is 0. The van der Waals surface area contributed by atoms with Crippen LogP contribution in [0.2, 0.25) is 0 Å². The van der Waals surface area contributed by atoms with Gasteiger partial charge in [0.05, 0.1) is 0 Å². The topological polar surface area (TPSA) is 29.3 Å². The van der Waals surface area contributed by atoms with E-state index in [4.69, 9.17) is 4.42 Å². The Morgan fingerprint density at radius 1 is 0.852 bits per heavy atom. The number of rotatable bonds is 4. The van der Waals surface area contributed by atoms with Crippen molar-refractivity contribution < 1.29 is 4.42 Å².